The molecule has 106 valence electrons. The van der Waals surface area contributed by atoms with Gasteiger partial charge in [-0.15, -0.1) is 0 Å². The largest absolute Gasteiger partial charge is 0.353 e. The summed E-state index contributed by atoms with van der Waals surface area (Å²) in [7, 11) is 0. The van der Waals surface area contributed by atoms with Crippen molar-refractivity contribution in [1.29, 1.82) is 0 Å². The van der Waals surface area contributed by atoms with Gasteiger partial charge >= 0.3 is 0 Å². The summed E-state index contributed by atoms with van der Waals surface area (Å²) < 4.78 is 0. The smallest absolute Gasteiger partial charge is 0.223 e. The molecule has 2 nitrogen and oxygen atoms in total. The average molecular weight is 253 g/mol. The summed E-state index contributed by atoms with van der Waals surface area (Å²) in [6, 6.07) is 0.516. The molecule has 1 unspecified atom stereocenters. The molecule has 0 saturated heterocycles. The van der Waals surface area contributed by atoms with Crippen LogP contribution in [0.5, 0.6) is 0 Å². The van der Waals surface area contributed by atoms with E-state index in [-0.39, 0.29) is 5.92 Å². The zero-order chi connectivity index (χ0) is 13.2. The number of carbonyl (C=O) groups is 1. The molecule has 1 rings (SSSR count). The quantitative estimate of drug-likeness (QED) is 0.542. The van der Waals surface area contributed by atoms with Crippen LogP contribution in [-0.4, -0.2) is 11.9 Å². The third-order valence-corrected chi connectivity index (χ3v) is 3.86. The third kappa shape index (κ3) is 7.03. The number of unbranched alkanes of at least 4 members (excludes halogenated alkanes) is 5. The molecule has 1 aliphatic rings. The Morgan fingerprint density at radius 1 is 1.00 bits per heavy atom. The maximum atomic E-state index is 12.1. The van der Waals surface area contributed by atoms with Crippen LogP contribution in [-0.2, 0) is 4.79 Å². The fraction of sp³-hybridized carbons (Fsp3) is 0.938. The molecule has 1 saturated carbocycles. The molecule has 18 heavy (non-hydrogen) atoms. The van der Waals surface area contributed by atoms with Crippen molar-refractivity contribution < 1.29 is 4.79 Å². The Hall–Kier alpha value is -0.530. The Balaban J connectivity index is 2.22. The van der Waals surface area contributed by atoms with Crippen LogP contribution in [0.1, 0.15) is 84.5 Å². The minimum atomic E-state index is 0.286. The van der Waals surface area contributed by atoms with Gasteiger partial charge in [0.2, 0.25) is 5.91 Å². The van der Waals surface area contributed by atoms with E-state index >= 15 is 0 Å². The minimum absolute atomic E-state index is 0.286. The summed E-state index contributed by atoms with van der Waals surface area (Å²) in [5.74, 6) is 0.624. The lowest BCUT2D eigenvalue weighted by Gasteiger charge is -2.16. The minimum Gasteiger partial charge on any atom is -0.353 e. The van der Waals surface area contributed by atoms with Gasteiger partial charge in [-0.3, -0.25) is 4.79 Å². The maximum Gasteiger partial charge on any atom is 0.223 e. The molecule has 1 fully saturated rings. The lowest BCUT2D eigenvalue weighted by atomic mass is 9.94. The highest BCUT2D eigenvalue weighted by atomic mass is 16.2. The van der Waals surface area contributed by atoms with E-state index in [4.69, 9.17) is 0 Å². The van der Waals surface area contributed by atoms with Crippen LogP contribution in [0, 0.1) is 5.92 Å². The van der Waals surface area contributed by atoms with Crippen LogP contribution in [0.15, 0.2) is 0 Å². The number of rotatable bonds is 11. The molecular formula is C16H31NO. The highest BCUT2D eigenvalue weighted by Gasteiger charge is 2.26. The highest BCUT2D eigenvalue weighted by Crippen LogP contribution is 2.23. The van der Waals surface area contributed by atoms with Crippen LogP contribution in [0.25, 0.3) is 0 Å². The molecule has 0 radical (unpaired) electrons. The fourth-order valence-corrected chi connectivity index (χ4v) is 2.41. The number of hydrogen-bond acceptors (Lipinski definition) is 1. The van der Waals surface area contributed by atoms with Gasteiger partial charge in [-0.05, 0) is 25.7 Å². The van der Waals surface area contributed by atoms with Crippen LogP contribution in [0.3, 0.4) is 0 Å². The molecule has 2 heteroatoms. The van der Waals surface area contributed by atoms with Crippen molar-refractivity contribution in [3.8, 4) is 0 Å². The molecule has 0 bridgehead atoms. The first-order valence-corrected chi connectivity index (χ1v) is 8.08. The van der Waals surface area contributed by atoms with Gasteiger partial charge in [0.1, 0.15) is 0 Å². The normalized spacial score (nSPS) is 16.6. The van der Waals surface area contributed by atoms with Crippen molar-refractivity contribution in [2.45, 2.75) is 90.5 Å². The van der Waals surface area contributed by atoms with Crippen molar-refractivity contribution in [2.75, 3.05) is 0 Å². The molecule has 1 atom stereocenters. The lowest BCUT2D eigenvalue weighted by molar-refractivity contribution is -0.125. The Morgan fingerprint density at radius 2 is 1.56 bits per heavy atom. The van der Waals surface area contributed by atoms with E-state index in [0.717, 1.165) is 12.8 Å². The van der Waals surface area contributed by atoms with Gasteiger partial charge in [0.15, 0.2) is 0 Å². The van der Waals surface area contributed by atoms with Gasteiger partial charge in [0.25, 0.3) is 0 Å². The molecule has 1 N–H and O–H groups in total. The van der Waals surface area contributed by atoms with E-state index in [9.17, 15) is 4.79 Å². The highest BCUT2D eigenvalue weighted by molar-refractivity contribution is 5.79. The van der Waals surface area contributed by atoms with E-state index in [1.807, 2.05) is 0 Å². The second kappa shape index (κ2) is 9.41. The van der Waals surface area contributed by atoms with E-state index in [0.29, 0.717) is 11.9 Å². The van der Waals surface area contributed by atoms with Gasteiger partial charge in [0.05, 0.1) is 0 Å². The summed E-state index contributed by atoms with van der Waals surface area (Å²) in [6.45, 7) is 4.46. The second-order valence-electron chi connectivity index (χ2n) is 5.82. The lowest BCUT2D eigenvalue weighted by Crippen LogP contribution is -2.32. The second-order valence-corrected chi connectivity index (χ2v) is 5.82. The van der Waals surface area contributed by atoms with Gasteiger partial charge < -0.3 is 5.32 Å². The predicted octanol–water partition coefficient (Wildman–Crippen LogP) is 4.43. The van der Waals surface area contributed by atoms with Crippen molar-refractivity contribution in [1.82, 2.24) is 5.32 Å². The van der Waals surface area contributed by atoms with Crippen LogP contribution >= 0.6 is 0 Å². The van der Waals surface area contributed by atoms with Crippen LogP contribution in [0.2, 0.25) is 0 Å². The zero-order valence-electron chi connectivity index (χ0n) is 12.3. The first-order valence-electron chi connectivity index (χ1n) is 8.08. The third-order valence-electron chi connectivity index (χ3n) is 3.86. The van der Waals surface area contributed by atoms with Gasteiger partial charge in [-0.2, -0.15) is 0 Å². The van der Waals surface area contributed by atoms with Crippen molar-refractivity contribution in [3.05, 3.63) is 0 Å². The number of nitrogens with one attached hydrogen (secondary N) is 1. The molecule has 0 aliphatic heterocycles. The van der Waals surface area contributed by atoms with Crippen molar-refractivity contribution >= 4 is 5.91 Å². The molecule has 1 aliphatic carbocycles. The van der Waals surface area contributed by atoms with Crippen molar-refractivity contribution in [2.24, 2.45) is 5.92 Å². The van der Waals surface area contributed by atoms with E-state index in [1.54, 1.807) is 0 Å². The molecule has 1 amide bonds. The van der Waals surface area contributed by atoms with E-state index in [1.165, 1.54) is 57.8 Å². The molecule has 0 heterocycles. The van der Waals surface area contributed by atoms with E-state index < -0.39 is 0 Å². The standard InChI is InChI=1S/C16H31NO/c1-3-5-7-9-11-14(10-8-6-4-2)16(18)17-15-12-13-15/h14-15H,3-13H2,1-2H3,(H,17,18). The summed E-state index contributed by atoms with van der Waals surface area (Å²) in [4.78, 5) is 12.1. The topological polar surface area (TPSA) is 29.1 Å². The van der Waals surface area contributed by atoms with Crippen LogP contribution < -0.4 is 5.32 Å². The number of carbonyl (C=O) groups excluding carboxylic acids is 1. The first-order chi connectivity index (χ1) is 8.77. The summed E-state index contributed by atoms with van der Waals surface area (Å²) >= 11 is 0. The fourth-order valence-electron chi connectivity index (χ4n) is 2.41. The Labute approximate surface area is 113 Å². The first kappa shape index (κ1) is 15.5. The molecule has 0 aromatic carbocycles. The Kier molecular flexibility index (Phi) is 8.11. The molecule has 0 aromatic heterocycles. The van der Waals surface area contributed by atoms with Gasteiger partial charge in [-0.25, -0.2) is 0 Å². The SMILES string of the molecule is CCCCCCC(CCCCC)C(=O)NC1CC1. The number of hydrogen-bond donors (Lipinski definition) is 1. The van der Waals surface area contributed by atoms with Gasteiger partial charge in [0, 0.05) is 12.0 Å². The summed E-state index contributed by atoms with van der Waals surface area (Å²) in [5.41, 5.74) is 0. The van der Waals surface area contributed by atoms with Crippen molar-refractivity contribution in [3.63, 3.8) is 0 Å². The average Bonchev–Trinajstić information content (AvgIpc) is 3.16. The molecule has 0 aromatic rings. The monoisotopic (exact) mass is 253 g/mol. The predicted molar refractivity (Wildman–Crippen MR) is 77.6 cm³/mol. The van der Waals surface area contributed by atoms with E-state index in [2.05, 4.69) is 19.2 Å². The Bertz CT molecular complexity index is 223. The Morgan fingerprint density at radius 3 is 2.11 bits per heavy atom. The van der Waals surface area contributed by atoms with Crippen LogP contribution in [0.4, 0.5) is 0 Å². The molecular weight excluding hydrogens is 222 g/mol. The van der Waals surface area contributed by atoms with Gasteiger partial charge in [-0.1, -0.05) is 58.8 Å². The summed E-state index contributed by atoms with van der Waals surface area (Å²) in [6.07, 6.45) is 13.4. The number of amides is 1. The maximum absolute atomic E-state index is 12.1. The molecule has 0 spiro atoms. The summed E-state index contributed by atoms with van der Waals surface area (Å²) in [5, 5.41) is 3.18. The zero-order valence-corrected chi connectivity index (χ0v) is 12.3.